The molecule has 0 heterocycles. The van der Waals surface area contributed by atoms with E-state index in [0.29, 0.717) is 6.42 Å². The number of nitrogens with zero attached hydrogens (tertiary/aromatic N) is 1. The molecule has 66 valence electrons. The van der Waals surface area contributed by atoms with Gasteiger partial charge in [-0.1, -0.05) is 0 Å². The second kappa shape index (κ2) is 7.69. The fourth-order valence-electron chi connectivity index (χ4n) is 0.750. The summed E-state index contributed by atoms with van der Waals surface area (Å²) in [5, 5.41) is 0. The minimum atomic E-state index is 0.614. The third-order valence-electron chi connectivity index (χ3n) is 1.45. The van der Waals surface area contributed by atoms with Gasteiger partial charge in [0.05, 0.1) is 6.61 Å². The average molecular weight is 159 g/mol. The Hall–Kier alpha value is -0.410. The molecule has 0 saturated carbocycles. The van der Waals surface area contributed by atoms with Crippen molar-refractivity contribution in [1.29, 1.82) is 0 Å². The second-order valence-electron chi connectivity index (χ2n) is 2.46. The Balaban J connectivity index is 3.08. The molecule has 0 saturated heterocycles. The van der Waals surface area contributed by atoms with Gasteiger partial charge in [0.1, 0.15) is 6.29 Å². The van der Waals surface area contributed by atoms with E-state index in [1.54, 1.807) is 0 Å². The lowest BCUT2D eigenvalue weighted by molar-refractivity contribution is -0.108. The molecule has 0 N–H and O–H groups in total. The summed E-state index contributed by atoms with van der Waals surface area (Å²) < 4.78 is 5.15. The van der Waals surface area contributed by atoms with Crippen molar-refractivity contribution < 1.29 is 9.53 Å². The number of aldehydes is 1. The highest BCUT2D eigenvalue weighted by molar-refractivity contribution is 5.49. The van der Waals surface area contributed by atoms with Crippen LogP contribution in [0, 0.1) is 0 Å². The molecule has 0 aromatic rings. The van der Waals surface area contributed by atoms with Crippen molar-refractivity contribution in [1.82, 2.24) is 4.90 Å². The van der Waals surface area contributed by atoms with Gasteiger partial charge >= 0.3 is 0 Å². The molecule has 0 atom stereocenters. The van der Waals surface area contributed by atoms with Crippen LogP contribution in [0.2, 0.25) is 0 Å². The van der Waals surface area contributed by atoms with E-state index in [-0.39, 0.29) is 0 Å². The van der Waals surface area contributed by atoms with Gasteiger partial charge in [-0.05, 0) is 14.0 Å². The Kier molecular flexibility index (Phi) is 7.41. The van der Waals surface area contributed by atoms with Gasteiger partial charge < -0.3 is 14.4 Å². The molecule has 0 aliphatic rings. The molecule has 0 unspecified atom stereocenters. The molecule has 0 bridgehead atoms. The van der Waals surface area contributed by atoms with Gasteiger partial charge in [0.15, 0.2) is 0 Å². The van der Waals surface area contributed by atoms with Crippen molar-refractivity contribution >= 4 is 6.29 Å². The molecular weight excluding hydrogens is 142 g/mol. The summed E-state index contributed by atoms with van der Waals surface area (Å²) in [6, 6.07) is 0. The number of likely N-dealkylation sites (N-methyl/N-ethyl adjacent to an activating group) is 1. The maximum Gasteiger partial charge on any atom is 0.121 e. The molecule has 0 aromatic carbocycles. The maximum atomic E-state index is 9.98. The summed E-state index contributed by atoms with van der Waals surface area (Å²) in [7, 11) is 1.99. The Morgan fingerprint density at radius 1 is 1.45 bits per heavy atom. The third-order valence-corrected chi connectivity index (χ3v) is 1.45. The Morgan fingerprint density at radius 3 is 2.73 bits per heavy atom. The van der Waals surface area contributed by atoms with Crippen molar-refractivity contribution in [3.8, 4) is 0 Å². The minimum Gasteiger partial charge on any atom is -0.380 e. The molecule has 0 rings (SSSR count). The fourth-order valence-corrected chi connectivity index (χ4v) is 0.750. The zero-order valence-electron chi connectivity index (χ0n) is 7.38. The number of hydrogen-bond donors (Lipinski definition) is 0. The zero-order valence-corrected chi connectivity index (χ0v) is 7.38. The summed E-state index contributed by atoms with van der Waals surface area (Å²) in [5.41, 5.74) is 0. The molecular formula is C8H17NO2. The van der Waals surface area contributed by atoms with Crippen LogP contribution < -0.4 is 0 Å². The zero-order chi connectivity index (χ0) is 8.53. The van der Waals surface area contributed by atoms with Crippen LogP contribution in [-0.2, 0) is 9.53 Å². The van der Waals surface area contributed by atoms with E-state index in [2.05, 4.69) is 4.90 Å². The lowest BCUT2D eigenvalue weighted by atomic mass is 10.4. The summed E-state index contributed by atoms with van der Waals surface area (Å²) in [6.45, 7) is 5.23. The first-order chi connectivity index (χ1) is 5.31. The molecule has 0 aliphatic heterocycles. The first kappa shape index (κ1) is 10.6. The first-order valence-corrected chi connectivity index (χ1v) is 4.01. The topological polar surface area (TPSA) is 29.5 Å². The number of carbonyl (C=O) groups excluding carboxylic acids is 1. The van der Waals surface area contributed by atoms with Gasteiger partial charge in [0, 0.05) is 26.1 Å². The molecule has 0 aromatic heterocycles. The number of rotatable bonds is 7. The summed E-state index contributed by atoms with van der Waals surface area (Å²) in [6.07, 6.45) is 1.56. The molecule has 0 aliphatic carbocycles. The van der Waals surface area contributed by atoms with E-state index in [4.69, 9.17) is 4.74 Å². The SMILES string of the molecule is CCOCCN(C)CCC=O. The molecule has 0 radical (unpaired) electrons. The van der Waals surface area contributed by atoms with Gasteiger partial charge in [0.25, 0.3) is 0 Å². The van der Waals surface area contributed by atoms with Crippen LogP contribution in [0.3, 0.4) is 0 Å². The second-order valence-corrected chi connectivity index (χ2v) is 2.46. The minimum absolute atomic E-state index is 0.614. The van der Waals surface area contributed by atoms with E-state index in [1.165, 1.54) is 0 Å². The Bertz CT molecular complexity index is 96.1. The molecule has 0 fully saturated rings. The molecule has 0 spiro atoms. The van der Waals surface area contributed by atoms with Crippen LogP contribution in [-0.4, -0.2) is 44.5 Å². The quantitative estimate of drug-likeness (QED) is 0.401. The Labute approximate surface area is 68.3 Å². The van der Waals surface area contributed by atoms with Gasteiger partial charge in [-0.25, -0.2) is 0 Å². The molecule has 3 heteroatoms. The molecule has 11 heavy (non-hydrogen) atoms. The van der Waals surface area contributed by atoms with E-state index < -0.39 is 0 Å². The Morgan fingerprint density at radius 2 is 2.18 bits per heavy atom. The highest BCUT2D eigenvalue weighted by Crippen LogP contribution is 1.84. The van der Waals surface area contributed by atoms with Gasteiger partial charge in [-0.3, -0.25) is 0 Å². The largest absolute Gasteiger partial charge is 0.380 e. The summed E-state index contributed by atoms with van der Waals surface area (Å²) in [5.74, 6) is 0. The average Bonchev–Trinajstić information content (AvgIpc) is 2.01. The highest BCUT2D eigenvalue weighted by Gasteiger charge is 1.95. The first-order valence-electron chi connectivity index (χ1n) is 4.01. The lowest BCUT2D eigenvalue weighted by Crippen LogP contribution is -2.24. The van der Waals surface area contributed by atoms with Crippen molar-refractivity contribution in [2.45, 2.75) is 13.3 Å². The molecule has 3 nitrogen and oxygen atoms in total. The number of ether oxygens (including phenoxy) is 1. The van der Waals surface area contributed by atoms with Crippen LogP contribution in [0.1, 0.15) is 13.3 Å². The van der Waals surface area contributed by atoms with Crippen molar-refractivity contribution in [3.05, 3.63) is 0 Å². The predicted octanol–water partition coefficient (Wildman–Crippen LogP) is 0.544. The van der Waals surface area contributed by atoms with Gasteiger partial charge in [-0.2, -0.15) is 0 Å². The normalized spacial score (nSPS) is 10.5. The van der Waals surface area contributed by atoms with E-state index in [0.717, 1.165) is 32.6 Å². The van der Waals surface area contributed by atoms with E-state index in [1.807, 2.05) is 14.0 Å². The number of carbonyl (C=O) groups is 1. The predicted molar refractivity (Wildman–Crippen MR) is 44.7 cm³/mol. The van der Waals surface area contributed by atoms with Crippen LogP contribution in [0.4, 0.5) is 0 Å². The highest BCUT2D eigenvalue weighted by atomic mass is 16.5. The van der Waals surface area contributed by atoms with Crippen LogP contribution in [0.15, 0.2) is 0 Å². The smallest absolute Gasteiger partial charge is 0.121 e. The lowest BCUT2D eigenvalue weighted by Gasteiger charge is -2.13. The monoisotopic (exact) mass is 159 g/mol. The molecule has 0 amide bonds. The van der Waals surface area contributed by atoms with E-state index in [9.17, 15) is 4.79 Å². The summed E-state index contributed by atoms with van der Waals surface area (Å²) in [4.78, 5) is 12.1. The fraction of sp³-hybridized carbons (Fsp3) is 0.875. The van der Waals surface area contributed by atoms with E-state index >= 15 is 0 Å². The van der Waals surface area contributed by atoms with Crippen molar-refractivity contribution in [2.24, 2.45) is 0 Å². The summed E-state index contributed by atoms with van der Waals surface area (Å²) >= 11 is 0. The van der Waals surface area contributed by atoms with Crippen LogP contribution in [0.25, 0.3) is 0 Å². The van der Waals surface area contributed by atoms with Crippen molar-refractivity contribution in [3.63, 3.8) is 0 Å². The van der Waals surface area contributed by atoms with Crippen molar-refractivity contribution in [2.75, 3.05) is 33.4 Å². The van der Waals surface area contributed by atoms with Gasteiger partial charge in [-0.15, -0.1) is 0 Å². The standard InChI is InChI=1S/C8H17NO2/c1-3-11-8-6-9(2)5-4-7-10/h7H,3-6,8H2,1-2H3. The van der Waals surface area contributed by atoms with Crippen LogP contribution in [0.5, 0.6) is 0 Å². The third kappa shape index (κ3) is 7.49. The number of hydrogen-bond acceptors (Lipinski definition) is 3. The van der Waals surface area contributed by atoms with Crippen LogP contribution >= 0.6 is 0 Å². The van der Waals surface area contributed by atoms with Gasteiger partial charge in [0.2, 0.25) is 0 Å². The maximum absolute atomic E-state index is 9.98.